The Balaban J connectivity index is 0.967. The Morgan fingerprint density at radius 3 is 1.59 bits per heavy atom. The van der Waals surface area contributed by atoms with Gasteiger partial charge in [-0.3, -0.25) is 0 Å². The molecule has 0 radical (unpaired) electrons. The molecule has 284 valence electrons. The molecular weight excluding hydrogens is 741 g/mol. The molecular formula is C57H36N4. The number of hydrogen-bond donors (Lipinski definition) is 0. The van der Waals surface area contributed by atoms with E-state index in [1.165, 1.54) is 59.7 Å². The molecule has 12 rings (SSSR count). The van der Waals surface area contributed by atoms with E-state index in [2.05, 4.69) is 205 Å². The van der Waals surface area contributed by atoms with Crippen molar-refractivity contribution in [2.75, 3.05) is 0 Å². The Morgan fingerprint density at radius 1 is 0.262 bits per heavy atom. The molecule has 61 heavy (non-hydrogen) atoms. The van der Waals surface area contributed by atoms with Crippen LogP contribution in [0.5, 0.6) is 0 Å². The largest absolute Gasteiger partial charge is 0.309 e. The van der Waals surface area contributed by atoms with Gasteiger partial charge in [0.25, 0.3) is 0 Å². The number of benzene rings is 10. The highest BCUT2D eigenvalue weighted by molar-refractivity contribution is 6.20. The van der Waals surface area contributed by atoms with Crippen LogP contribution in [0.2, 0.25) is 0 Å². The van der Waals surface area contributed by atoms with Crippen LogP contribution in [0.3, 0.4) is 0 Å². The fraction of sp³-hybridized carbons (Fsp3) is 0. The SMILES string of the molecule is c1ccc(-c2nc(-c3ccc(-c4c5ccccc5cc5c4ccc4ccccc45)cc3)nc(-c3cccc(-c4ccc5c(c4)c4ccccc4n5-c4ccccc4)c3)n2)cc1. The monoisotopic (exact) mass is 776 g/mol. The molecule has 0 saturated carbocycles. The van der Waals surface area contributed by atoms with Crippen LogP contribution in [0.1, 0.15) is 0 Å². The van der Waals surface area contributed by atoms with Crippen LogP contribution in [0.25, 0.3) is 116 Å². The van der Waals surface area contributed by atoms with Crippen LogP contribution in [0.15, 0.2) is 218 Å². The summed E-state index contributed by atoms with van der Waals surface area (Å²) in [6.45, 7) is 0. The first-order valence-electron chi connectivity index (χ1n) is 20.7. The minimum absolute atomic E-state index is 0.628. The summed E-state index contributed by atoms with van der Waals surface area (Å²) >= 11 is 0. The van der Waals surface area contributed by atoms with Crippen LogP contribution >= 0.6 is 0 Å². The third-order valence-corrected chi connectivity index (χ3v) is 12.0. The molecule has 0 aliphatic heterocycles. The van der Waals surface area contributed by atoms with Gasteiger partial charge in [-0.1, -0.05) is 176 Å². The number of hydrogen-bond acceptors (Lipinski definition) is 3. The maximum absolute atomic E-state index is 5.17. The predicted octanol–water partition coefficient (Wildman–Crippen LogP) is 14.8. The van der Waals surface area contributed by atoms with E-state index in [-0.39, 0.29) is 0 Å². The van der Waals surface area contributed by atoms with Crippen molar-refractivity contribution in [3.8, 4) is 62.1 Å². The quantitative estimate of drug-likeness (QED) is 0.125. The Hall–Kier alpha value is -8.21. The number of para-hydroxylation sites is 2. The van der Waals surface area contributed by atoms with Crippen molar-refractivity contribution in [3.63, 3.8) is 0 Å². The molecule has 12 aromatic rings. The minimum atomic E-state index is 0.628. The van der Waals surface area contributed by atoms with Crippen molar-refractivity contribution >= 4 is 54.1 Å². The van der Waals surface area contributed by atoms with E-state index in [1.54, 1.807) is 0 Å². The fourth-order valence-corrected chi connectivity index (χ4v) is 9.11. The van der Waals surface area contributed by atoms with Gasteiger partial charge in [0, 0.05) is 33.2 Å². The third kappa shape index (κ3) is 5.96. The van der Waals surface area contributed by atoms with Gasteiger partial charge in [0.05, 0.1) is 11.0 Å². The first kappa shape index (κ1) is 34.8. The summed E-state index contributed by atoms with van der Waals surface area (Å²) in [4.78, 5) is 15.3. The number of nitrogens with zero attached hydrogens (tertiary/aromatic N) is 4. The van der Waals surface area contributed by atoms with Crippen LogP contribution < -0.4 is 0 Å². The van der Waals surface area contributed by atoms with Crippen LogP contribution in [0, 0.1) is 0 Å². The molecule has 0 bridgehead atoms. The number of rotatable bonds is 6. The molecule has 0 N–H and O–H groups in total. The molecule has 2 aromatic heterocycles. The van der Waals surface area contributed by atoms with E-state index in [0.717, 1.165) is 39.1 Å². The molecule has 0 amide bonds. The van der Waals surface area contributed by atoms with Crippen LogP contribution in [-0.4, -0.2) is 19.5 Å². The second-order valence-electron chi connectivity index (χ2n) is 15.6. The van der Waals surface area contributed by atoms with Gasteiger partial charge in [-0.15, -0.1) is 0 Å². The average molecular weight is 777 g/mol. The summed E-state index contributed by atoms with van der Waals surface area (Å²) in [5.74, 6) is 1.89. The summed E-state index contributed by atoms with van der Waals surface area (Å²) in [5.41, 5.74) is 10.9. The molecule has 0 saturated heterocycles. The number of aromatic nitrogens is 4. The first-order valence-corrected chi connectivity index (χ1v) is 20.7. The standard InChI is InChI=1S/C57H36N4/c1-3-15-39(16-4-1)55-58-56(40-28-26-38(27-29-40)54-47-23-10-8-17-43(47)36-50-46-22-9-7-14-37(46)30-32-49(50)54)60-57(59-55)44-19-13-18-41(34-44)42-31-33-53-51(35-42)48-24-11-12-25-52(48)61(53)45-20-5-2-6-21-45/h1-36H. The highest BCUT2D eigenvalue weighted by atomic mass is 15.0. The Labute approximate surface area is 352 Å². The molecule has 0 fully saturated rings. The molecule has 0 spiro atoms. The number of fused-ring (bicyclic) bond motifs is 7. The van der Waals surface area contributed by atoms with E-state index < -0.39 is 0 Å². The minimum Gasteiger partial charge on any atom is -0.309 e. The van der Waals surface area contributed by atoms with E-state index in [0.29, 0.717) is 17.5 Å². The van der Waals surface area contributed by atoms with Gasteiger partial charge in [-0.2, -0.15) is 0 Å². The van der Waals surface area contributed by atoms with Crippen LogP contribution in [0.4, 0.5) is 0 Å². The molecule has 4 heteroatoms. The Morgan fingerprint density at radius 2 is 0.803 bits per heavy atom. The van der Waals surface area contributed by atoms with E-state index >= 15 is 0 Å². The Bertz CT molecular complexity index is 3630. The lowest BCUT2D eigenvalue weighted by Gasteiger charge is -2.14. The van der Waals surface area contributed by atoms with Crippen molar-refractivity contribution in [1.82, 2.24) is 19.5 Å². The van der Waals surface area contributed by atoms with Gasteiger partial charge in [0.2, 0.25) is 0 Å². The van der Waals surface area contributed by atoms with E-state index in [4.69, 9.17) is 15.0 Å². The van der Waals surface area contributed by atoms with Gasteiger partial charge in [-0.05, 0) is 97.0 Å². The fourth-order valence-electron chi connectivity index (χ4n) is 9.11. The van der Waals surface area contributed by atoms with Crippen molar-refractivity contribution in [2.45, 2.75) is 0 Å². The van der Waals surface area contributed by atoms with Crippen LogP contribution in [-0.2, 0) is 0 Å². The van der Waals surface area contributed by atoms with Gasteiger partial charge in [0.1, 0.15) is 0 Å². The summed E-state index contributed by atoms with van der Waals surface area (Å²) in [6.07, 6.45) is 0. The Kier molecular flexibility index (Phi) is 8.13. The molecule has 4 nitrogen and oxygen atoms in total. The van der Waals surface area contributed by atoms with Gasteiger partial charge >= 0.3 is 0 Å². The first-order chi connectivity index (χ1) is 30.2. The zero-order valence-electron chi connectivity index (χ0n) is 33.1. The second kappa shape index (κ2) is 14.3. The normalized spacial score (nSPS) is 11.6. The average Bonchev–Trinajstić information content (AvgIpc) is 3.67. The lowest BCUT2D eigenvalue weighted by Crippen LogP contribution is -2.00. The van der Waals surface area contributed by atoms with Crippen molar-refractivity contribution < 1.29 is 0 Å². The summed E-state index contributed by atoms with van der Waals surface area (Å²) in [5, 5.41) is 9.88. The van der Waals surface area contributed by atoms with Gasteiger partial charge < -0.3 is 4.57 Å². The van der Waals surface area contributed by atoms with Crippen molar-refractivity contribution in [3.05, 3.63) is 218 Å². The van der Waals surface area contributed by atoms with Crippen molar-refractivity contribution in [2.24, 2.45) is 0 Å². The summed E-state index contributed by atoms with van der Waals surface area (Å²) in [6, 6.07) is 77.6. The maximum atomic E-state index is 5.17. The van der Waals surface area contributed by atoms with Gasteiger partial charge in [-0.25, -0.2) is 15.0 Å². The summed E-state index contributed by atoms with van der Waals surface area (Å²) in [7, 11) is 0. The molecule has 2 heterocycles. The molecule has 0 aliphatic rings. The second-order valence-corrected chi connectivity index (χ2v) is 15.6. The molecule has 0 aliphatic carbocycles. The zero-order valence-corrected chi connectivity index (χ0v) is 33.1. The topological polar surface area (TPSA) is 43.6 Å². The molecule has 0 unspecified atom stereocenters. The van der Waals surface area contributed by atoms with Gasteiger partial charge in [0.15, 0.2) is 17.5 Å². The highest BCUT2D eigenvalue weighted by Crippen LogP contribution is 2.40. The predicted molar refractivity (Wildman–Crippen MR) is 254 cm³/mol. The smallest absolute Gasteiger partial charge is 0.164 e. The van der Waals surface area contributed by atoms with Crippen molar-refractivity contribution in [1.29, 1.82) is 0 Å². The third-order valence-electron chi connectivity index (χ3n) is 12.0. The molecule has 10 aromatic carbocycles. The van der Waals surface area contributed by atoms with E-state index in [9.17, 15) is 0 Å². The zero-order chi connectivity index (χ0) is 40.3. The summed E-state index contributed by atoms with van der Waals surface area (Å²) < 4.78 is 2.35. The lowest BCUT2D eigenvalue weighted by atomic mass is 9.89. The van der Waals surface area contributed by atoms with E-state index in [1.807, 2.05) is 18.2 Å². The highest BCUT2D eigenvalue weighted by Gasteiger charge is 2.17. The molecule has 0 atom stereocenters. The lowest BCUT2D eigenvalue weighted by molar-refractivity contribution is 1.07. The maximum Gasteiger partial charge on any atom is 0.164 e.